The number of nitrogens with zero attached hydrogens (tertiary/aromatic N) is 2. The van der Waals surface area contributed by atoms with Crippen LogP contribution in [-0.2, 0) is 27.4 Å². The Morgan fingerprint density at radius 1 is 0.853 bits per heavy atom. The summed E-state index contributed by atoms with van der Waals surface area (Å²) in [5.41, 5.74) is 1.05. The molecule has 34 heavy (non-hydrogen) atoms. The van der Waals surface area contributed by atoms with Crippen molar-refractivity contribution in [2.75, 3.05) is 33.4 Å². The third kappa shape index (κ3) is 8.32. The third-order valence-electron chi connectivity index (χ3n) is 5.27. The molecule has 0 aliphatic carbocycles. The first kappa shape index (κ1) is 25.5. The Morgan fingerprint density at radius 3 is 2.21 bits per heavy atom. The van der Waals surface area contributed by atoms with Crippen LogP contribution in [0.1, 0.15) is 21.7 Å². The van der Waals surface area contributed by atoms with E-state index in [-0.39, 0.29) is 25.0 Å². The van der Waals surface area contributed by atoms with Crippen LogP contribution in [0.5, 0.6) is 5.75 Å². The van der Waals surface area contributed by atoms with Gasteiger partial charge in [0.25, 0.3) is 5.91 Å². The molecule has 0 atom stereocenters. The van der Waals surface area contributed by atoms with Crippen LogP contribution >= 0.6 is 11.3 Å². The minimum atomic E-state index is -0.222. The van der Waals surface area contributed by atoms with E-state index in [0.717, 1.165) is 10.4 Å². The van der Waals surface area contributed by atoms with E-state index >= 15 is 0 Å². The highest BCUT2D eigenvalue weighted by Crippen LogP contribution is 2.19. The van der Waals surface area contributed by atoms with Gasteiger partial charge in [-0.05, 0) is 43.2 Å². The van der Waals surface area contributed by atoms with Crippen molar-refractivity contribution in [2.24, 2.45) is 0 Å². The number of amides is 2. The molecule has 1 heterocycles. The molecule has 0 unspecified atom stereocenters. The molecule has 180 valence electrons. The number of hydrogen-bond acceptors (Lipinski definition) is 5. The van der Waals surface area contributed by atoms with Gasteiger partial charge in [-0.3, -0.25) is 9.59 Å². The van der Waals surface area contributed by atoms with Gasteiger partial charge in [0.2, 0.25) is 5.91 Å². The highest BCUT2D eigenvalue weighted by Gasteiger charge is 2.22. The smallest absolute Gasteiger partial charge is 0.260 e. The van der Waals surface area contributed by atoms with Crippen molar-refractivity contribution in [3.05, 3.63) is 88.1 Å². The molecule has 0 fully saturated rings. The van der Waals surface area contributed by atoms with Gasteiger partial charge >= 0.3 is 0 Å². The molecule has 2 amide bonds. The van der Waals surface area contributed by atoms with Crippen LogP contribution in [-0.4, -0.2) is 55.0 Å². The van der Waals surface area contributed by atoms with Crippen molar-refractivity contribution in [1.29, 1.82) is 0 Å². The fourth-order valence-corrected chi connectivity index (χ4v) is 4.41. The zero-order valence-electron chi connectivity index (χ0n) is 19.8. The molecule has 0 N–H and O–H groups in total. The van der Waals surface area contributed by atoms with Gasteiger partial charge < -0.3 is 19.3 Å². The first-order valence-electron chi connectivity index (χ1n) is 11.4. The van der Waals surface area contributed by atoms with Crippen LogP contribution in [0.15, 0.2) is 72.8 Å². The molecule has 1 aromatic heterocycles. The zero-order chi connectivity index (χ0) is 24.2. The van der Waals surface area contributed by atoms with Crippen molar-refractivity contribution in [2.45, 2.75) is 26.4 Å². The second-order valence-corrected chi connectivity index (χ2v) is 9.38. The van der Waals surface area contributed by atoms with Crippen LogP contribution in [0.3, 0.4) is 0 Å². The van der Waals surface area contributed by atoms with Gasteiger partial charge in [0.15, 0.2) is 6.61 Å². The molecule has 0 aliphatic heterocycles. The summed E-state index contributed by atoms with van der Waals surface area (Å²) in [6.45, 7) is 3.86. The van der Waals surface area contributed by atoms with Crippen molar-refractivity contribution < 1.29 is 19.1 Å². The van der Waals surface area contributed by atoms with Crippen LogP contribution in [0.4, 0.5) is 0 Å². The number of rotatable bonds is 13. The Bertz CT molecular complexity index is 1020. The fraction of sp³-hybridized carbons (Fsp3) is 0.333. The molecule has 0 aliphatic rings. The summed E-state index contributed by atoms with van der Waals surface area (Å²) in [4.78, 5) is 32.1. The highest BCUT2D eigenvalue weighted by molar-refractivity contribution is 7.11. The number of benzene rings is 2. The van der Waals surface area contributed by atoms with Crippen molar-refractivity contribution in [3.63, 3.8) is 0 Å². The number of carbonyl (C=O) groups is 2. The Balaban J connectivity index is 1.70. The molecule has 0 saturated carbocycles. The van der Waals surface area contributed by atoms with Gasteiger partial charge in [0, 0.05) is 36.6 Å². The van der Waals surface area contributed by atoms with Gasteiger partial charge in [-0.1, -0.05) is 48.5 Å². The lowest BCUT2D eigenvalue weighted by molar-refractivity contribution is -0.142. The van der Waals surface area contributed by atoms with Gasteiger partial charge in [-0.25, -0.2) is 0 Å². The summed E-state index contributed by atoms with van der Waals surface area (Å²) in [6.07, 6.45) is 0.643. The standard InChI is InChI=1S/C27H32N2O4S/c1-22-14-15-25(34-22)19-29(18-23-10-5-3-6-11-23)26(30)20-28(16-9-17-32-2)27(31)21-33-24-12-7-4-8-13-24/h3-8,10-15H,9,16-21H2,1-2H3. The quantitative estimate of drug-likeness (QED) is 0.337. The Labute approximate surface area is 205 Å². The molecular formula is C27H32N2O4S. The van der Waals surface area contributed by atoms with Crippen molar-refractivity contribution in [3.8, 4) is 5.75 Å². The number of methoxy groups -OCH3 is 1. The van der Waals surface area contributed by atoms with Crippen LogP contribution in [0.2, 0.25) is 0 Å². The van der Waals surface area contributed by atoms with Crippen LogP contribution in [0, 0.1) is 6.92 Å². The average molecular weight is 481 g/mol. The third-order valence-corrected chi connectivity index (χ3v) is 6.26. The van der Waals surface area contributed by atoms with E-state index in [0.29, 0.717) is 38.4 Å². The fourth-order valence-electron chi connectivity index (χ4n) is 3.50. The molecule has 0 bridgehead atoms. The predicted molar refractivity (Wildman–Crippen MR) is 135 cm³/mol. The average Bonchev–Trinajstić information content (AvgIpc) is 3.27. The monoisotopic (exact) mass is 480 g/mol. The number of thiophene rings is 1. The van der Waals surface area contributed by atoms with Crippen LogP contribution < -0.4 is 4.74 Å². The van der Waals surface area contributed by atoms with Gasteiger partial charge in [0.1, 0.15) is 5.75 Å². The maximum absolute atomic E-state index is 13.4. The van der Waals surface area contributed by atoms with Crippen molar-refractivity contribution >= 4 is 23.2 Å². The first-order valence-corrected chi connectivity index (χ1v) is 12.2. The minimum Gasteiger partial charge on any atom is -0.484 e. The lowest BCUT2D eigenvalue weighted by atomic mass is 10.2. The molecule has 6 nitrogen and oxygen atoms in total. The molecule has 0 saturated heterocycles. The SMILES string of the molecule is COCCCN(CC(=O)N(Cc1ccccc1)Cc1ccc(C)s1)C(=O)COc1ccccc1. The second kappa shape index (κ2) is 13.5. The second-order valence-electron chi connectivity index (χ2n) is 8.01. The van der Waals surface area contributed by atoms with E-state index in [9.17, 15) is 9.59 Å². The molecule has 0 spiro atoms. The normalized spacial score (nSPS) is 10.6. The Morgan fingerprint density at radius 2 is 1.56 bits per heavy atom. The maximum Gasteiger partial charge on any atom is 0.260 e. The van der Waals surface area contributed by atoms with Crippen LogP contribution in [0.25, 0.3) is 0 Å². The van der Waals surface area contributed by atoms with E-state index in [1.807, 2.05) is 53.4 Å². The zero-order valence-corrected chi connectivity index (χ0v) is 20.6. The van der Waals surface area contributed by atoms with Gasteiger partial charge in [0.05, 0.1) is 13.1 Å². The molecule has 2 aromatic carbocycles. The molecule has 3 rings (SSSR count). The summed E-state index contributed by atoms with van der Waals surface area (Å²) < 4.78 is 10.8. The molecule has 0 radical (unpaired) electrons. The van der Waals surface area contributed by atoms with Gasteiger partial charge in [-0.2, -0.15) is 0 Å². The largest absolute Gasteiger partial charge is 0.484 e. The summed E-state index contributed by atoms with van der Waals surface area (Å²) in [5.74, 6) is 0.304. The molecular weight excluding hydrogens is 448 g/mol. The first-order chi connectivity index (χ1) is 16.5. The van der Waals surface area contributed by atoms with E-state index in [1.165, 1.54) is 4.88 Å². The topological polar surface area (TPSA) is 59.1 Å². The minimum absolute atomic E-state index is 0.00209. The van der Waals surface area contributed by atoms with E-state index in [2.05, 4.69) is 19.1 Å². The Hall–Kier alpha value is -3.16. The molecule has 3 aromatic rings. The van der Waals surface area contributed by atoms with Gasteiger partial charge in [-0.15, -0.1) is 11.3 Å². The van der Waals surface area contributed by atoms with E-state index < -0.39 is 0 Å². The Kier molecular flexibility index (Phi) is 10.1. The summed E-state index contributed by atoms with van der Waals surface area (Å²) in [5, 5.41) is 0. The lowest BCUT2D eigenvalue weighted by Gasteiger charge is -2.28. The number of aryl methyl sites for hydroxylation is 1. The summed E-state index contributed by atoms with van der Waals surface area (Å²) in [6, 6.07) is 23.2. The summed E-state index contributed by atoms with van der Waals surface area (Å²) in [7, 11) is 1.63. The summed E-state index contributed by atoms with van der Waals surface area (Å²) >= 11 is 1.68. The van der Waals surface area contributed by atoms with E-state index in [4.69, 9.17) is 9.47 Å². The molecule has 7 heteroatoms. The number of carbonyl (C=O) groups excluding carboxylic acids is 2. The maximum atomic E-state index is 13.4. The predicted octanol–water partition coefficient (Wildman–Crippen LogP) is 4.53. The van der Waals surface area contributed by atoms with Crippen molar-refractivity contribution in [1.82, 2.24) is 9.80 Å². The highest BCUT2D eigenvalue weighted by atomic mass is 32.1. The number of ether oxygens (including phenoxy) is 2. The van der Waals surface area contributed by atoms with E-state index in [1.54, 1.807) is 35.5 Å². The lowest BCUT2D eigenvalue weighted by Crippen LogP contribution is -2.44. The number of para-hydroxylation sites is 1. The number of hydrogen-bond donors (Lipinski definition) is 0.